The van der Waals surface area contributed by atoms with Crippen molar-refractivity contribution in [3.63, 3.8) is 0 Å². The Morgan fingerprint density at radius 1 is 1.09 bits per heavy atom. The Morgan fingerprint density at radius 3 is 2.36 bits per heavy atom. The van der Waals surface area contributed by atoms with Crippen LogP contribution in [-0.2, 0) is 4.79 Å². The van der Waals surface area contributed by atoms with Gasteiger partial charge in [-0.1, -0.05) is 29.3 Å². The summed E-state index contributed by atoms with van der Waals surface area (Å²) in [5.74, 6) is 0.320. The van der Waals surface area contributed by atoms with Crippen LogP contribution in [0.4, 0.5) is 5.69 Å². The highest BCUT2D eigenvalue weighted by molar-refractivity contribution is 6.31. The van der Waals surface area contributed by atoms with Crippen LogP contribution in [0.3, 0.4) is 0 Å². The Bertz CT molecular complexity index is 682. The summed E-state index contributed by atoms with van der Waals surface area (Å²) in [5, 5.41) is 4.07. The zero-order chi connectivity index (χ0) is 16.3. The summed E-state index contributed by atoms with van der Waals surface area (Å²) in [7, 11) is 0. The van der Waals surface area contributed by atoms with Crippen molar-refractivity contribution in [2.75, 3.05) is 5.32 Å². The molecule has 3 nitrogen and oxygen atoms in total. The van der Waals surface area contributed by atoms with Gasteiger partial charge in [-0.15, -0.1) is 0 Å². The largest absolute Gasteiger partial charge is 0.478 e. The van der Waals surface area contributed by atoms with Crippen molar-refractivity contribution in [1.82, 2.24) is 0 Å². The lowest BCUT2D eigenvalue weighted by Crippen LogP contribution is -2.42. The summed E-state index contributed by atoms with van der Waals surface area (Å²) in [5.41, 5.74) is 0.452. The van der Waals surface area contributed by atoms with Crippen molar-refractivity contribution in [3.05, 3.63) is 58.1 Å². The predicted octanol–water partition coefficient (Wildman–Crippen LogP) is 5.10. The molecule has 116 valence electrons. The Labute approximate surface area is 140 Å². The molecule has 2 rings (SSSR count). The van der Waals surface area contributed by atoms with Gasteiger partial charge < -0.3 is 10.1 Å². The predicted molar refractivity (Wildman–Crippen MR) is 91.0 cm³/mol. The van der Waals surface area contributed by atoms with E-state index >= 15 is 0 Å². The van der Waals surface area contributed by atoms with Crippen molar-refractivity contribution in [2.45, 2.75) is 26.4 Å². The van der Waals surface area contributed by atoms with Gasteiger partial charge in [0.05, 0.1) is 0 Å². The van der Waals surface area contributed by atoms with Gasteiger partial charge in [0.25, 0.3) is 5.91 Å². The van der Waals surface area contributed by atoms with Crippen LogP contribution < -0.4 is 10.1 Å². The van der Waals surface area contributed by atoms with E-state index in [0.717, 1.165) is 5.56 Å². The fraction of sp³-hybridized carbons (Fsp3) is 0.235. The Morgan fingerprint density at radius 2 is 1.73 bits per heavy atom. The molecule has 0 bridgehead atoms. The molecular weight excluding hydrogens is 321 g/mol. The Hall–Kier alpha value is -1.71. The average molecular weight is 338 g/mol. The highest BCUT2D eigenvalue weighted by Crippen LogP contribution is 2.25. The second kappa shape index (κ2) is 6.59. The van der Waals surface area contributed by atoms with Gasteiger partial charge >= 0.3 is 0 Å². The van der Waals surface area contributed by atoms with Gasteiger partial charge in [0, 0.05) is 15.7 Å². The van der Waals surface area contributed by atoms with E-state index in [0.29, 0.717) is 21.5 Å². The molecule has 0 aromatic heterocycles. The minimum atomic E-state index is -1.04. The van der Waals surface area contributed by atoms with Gasteiger partial charge in [-0.2, -0.15) is 0 Å². The number of carbonyl (C=O) groups excluding carboxylic acids is 1. The summed E-state index contributed by atoms with van der Waals surface area (Å²) in [4.78, 5) is 12.5. The zero-order valence-electron chi connectivity index (χ0n) is 12.6. The van der Waals surface area contributed by atoms with Crippen LogP contribution in [0, 0.1) is 6.92 Å². The van der Waals surface area contributed by atoms with Gasteiger partial charge in [0.2, 0.25) is 0 Å². The van der Waals surface area contributed by atoms with E-state index in [1.54, 1.807) is 56.3 Å². The molecule has 0 fully saturated rings. The molecule has 2 aromatic carbocycles. The van der Waals surface area contributed by atoms with Crippen LogP contribution in [0.1, 0.15) is 19.4 Å². The van der Waals surface area contributed by atoms with Crippen molar-refractivity contribution in [2.24, 2.45) is 0 Å². The fourth-order valence-electron chi connectivity index (χ4n) is 1.86. The smallest absolute Gasteiger partial charge is 0.267 e. The molecular formula is C17H17Cl2NO2. The van der Waals surface area contributed by atoms with Crippen LogP contribution >= 0.6 is 23.2 Å². The van der Waals surface area contributed by atoms with Gasteiger partial charge in [-0.25, -0.2) is 0 Å². The van der Waals surface area contributed by atoms with Crippen molar-refractivity contribution in [1.29, 1.82) is 0 Å². The molecule has 0 unspecified atom stereocenters. The molecule has 5 heteroatoms. The summed E-state index contributed by atoms with van der Waals surface area (Å²) < 4.78 is 5.76. The molecule has 0 radical (unpaired) electrons. The van der Waals surface area contributed by atoms with Crippen LogP contribution in [0.2, 0.25) is 10.0 Å². The van der Waals surface area contributed by atoms with E-state index in [1.807, 2.05) is 6.92 Å². The first-order chi connectivity index (χ1) is 10.3. The highest BCUT2D eigenvalue weighted by atomic mass is 35.5. The van der Waals surface area contributed by atoms with Crippen LogP contribution in [-0.4, -0.2) is 11.5 Å². The normalized spacial score (nSPS) is 11.1. The van der Waals surface area contributed by atoms with Crippen molar-refractivity contribution in [3.8, 4) is 5.75 Å². The molecule has 0 aliphatic rings. The first kappa shape index (κ1) is 16.7. The molecule has 0 aliphatic carbocycles. The van der Waals surface area contributed by atoms with E-state index in [2.05, 4.69) is 5.32 Å². The third kappa shape index (κ3) is 3.93. The number of hydrogen-bond donors (Lipinski definition) is 1. The lowest BCUT2D eigenvalue weighted by atomic mass is 10.1. The number of halogens is 2. The molecule has 2 aromatic rings. The Balaban J connectivity index is 2.13. The zero-order valence-corrected chi connectivity index (χ0v) is 14.1. The number of hydrogen-bond acceptors (Lipinski definition) is 2. The number of benzene rings is 2. The number of carbonyl (C=O) groups is 1. The molecule has 22 heavy (non-hydrogen) atoms. The van der Waals surface area contributed by atoms with Crippen LogP contribution in [0.25, 0.3) is 0 Å². The number of anilines is 1. The monoisotopic (exact) mass is 337 g/mol. The maximum atomic E-state index is 12.5. The first-order valence-corrected chi connectivity index (χ1v) is 7.56. The van der Waals surface area contributed by atoms with Crippen molar-refractivity contribution >= 4 is 34.8 Å². The van der Waals surface area contributed by atoms with Crippen LogP contribution in [0.15, 0.2) is 42.5 Å². The minimum Gasteiger partial charge on any atom is -0.478 e. The van der Waals surface area contributed by atoms with Gasteiger partial charge in [0.15, 0.2) is 5.60 Å². The molecule has 0 aliphatic heterocycles. The molecule has 1 amide bonds. The van der Waals surface area contributed by atoms with E-state index in [-0.39, 0.29) is 5.91 Å². The number of rotatable bonds is 4. The summed E-state index contributed by atoms with van der Waals surface area (Å²) in [6, 6.07) is 12.2. The third-order valence-corrected chi connectivity index (χ3v) is 3.91. The minimum absolute atomic E-state index is 0.257. The second-order valence-corrected chi connectivity index (χ2v) is 6.28. The second-order valence-electron chi connectivity index (χ2n) is 5.43. The lowest BCUT2D eigenvalue weighted by molar-refractivity contribution is -0.128. The maximum Gasteiger partial charge on any atom is 0.267 e. The van der Waals surface area contributed by atoms with Gasteiger partial charge in [-0.3, -0.25) is 4.79 Å². The van der Waals surface area contributed by atoms with E-state index < -0.39 is 5.60 Å². The summed E-state index contributed by atoms with van der Waals surface area (Å²) in [6.45, 7) is 5.26. The van der Waals surface area contributed by atoms with E-state index in [4.69, 9.17) is 27.9 Å². The molecule has 0 saturated carbocycles. The first-order valence-electron chi connectivity index (χ1n) is 6.81. The molecule has 0 spiro atoms. The third-order valence-electron chi connectivity index (χ3n) is 3.25. The fourth-order valence-corrected chi connectivity index (χ4v) is 2.16. The molecule has 1 N–H and O–H groups in total. The molecule has 0 saturated heterocycles. The number of amides is 1. The van der Waals surface area contributed by atoms with Crippen LogP contribution in [0.5, 0.6) is 5.75 Å². The van der Waals surface area contributed by atoms with Crippen molar-refractivity contribution < 1.29 is 9.53 Å². The summed E-state index contributed by atoms with van der Waals surface area (Å²) in [6.07, 6.45) is 0. The highest BCUT2D eigenvalue weighted by Gasteiger charge is 2.30. The van der Waals surface area contributed by atoms with E-state index in [9.17, 15) is 4.79 Å². The SMILES string of the molecule is Cc1c(Cl)cccc1NC(=O)C(C)(C)Oc1ccc(Cl)cc1. The maximum absolute atomic E-state index is 12.5. The topological polar surface area (TPSA) is 38.3 Å². The van der Waals surface area contributed by atoms with Gasteiger partial charge in [-0.05, 0) is 62.7 Å². The number of nitrogens with one attached hydrogen (secondary N) is 1. The molecule has 0 atom stereocenters. The summed E-state index contributed by atoms with van der Waals surface area (Å²) >= 11 is 11.9. The average Bonchev–Trinajstić information content (AvgIpc) is 2.46. The Kier molecular flexibility index (Phi) is 4.99. The molecule has 0 heterocycles. The number of ether oxygens (including phenoxy) is 1. The lowest BCUT2D eigenvalue weighted by Gasteiger charge is -2.25. The van der Waals surface area contributed by atoms with E-state index in [1.165, 1.54) is 0 Å². The quantitative estimate of drug-likeness (QED) is 0.842. The van der Waals surface area contributed by atoms with Gasteiger partial charge in [0.1, 0.15) is 5.75 Å². The standard InChI is InChI=1S/C17H17Cl2NO2/c1-11-14(19)5-4-6-15(11)20-16(21)17(2,3)22-13-9-7-12(18)8-10-13/h4-10H,1-3H3,(H,20,21).